The largest absolute Gasteiger partial charge is 0.497 e. The van der Waals surface area contributed by atoms with Gasteiger partial charge >= 0.3 is 0 Å². The first-order valence-corrected chi connectivity index (χ1v) is 10.5. The van der Waals surface area contributed by atoms with Crippen LogP contribution < -0.4 is 15.0 Å². The van der Waals surface area contributed by atoms with Crippen LogP contribution in [0.1, 0.15) is 24.0 Å². The van der Waals surface area contributed by atoms with Crippen molar-refractivity contribution in [2.45, 2.75) is 26.3 Å². The van der Waals surface area contributed by atoms with E-state index >= 15 is 0 Å². The number of benzene rings is 2. The number of anilines is 1. The number of nitrogens with one attached hydrogen (secondary N) is 1. The number of aryl methyl sites for hydroxylation is 1. The van der Waals surface area contributed by atoms with Crippen LogP contribution in [0.2, 0.25) is 0 Å². The minimum Gasteiger partial charge on any atom is -0.497 e. The van der Waals surface area contributed by atoms with Crippen molar-refractivity contribution >= 4 is 32.6 Å². The Morgan fingerprint density at radius 1 is 1.21 bits per heavy atom. The van der Waals surface area contributed by atoms with E-state index in [2.05, 4.69) is 35.3 Å². The fourth-order valence-corrected chi connectivity index (χ4v) is 4.68. The van der Waals surface area contributed by atoms with Crippen molar-refractivity contribution in [2.75, 3.05) is 25.1 Å². The van der Waals surface area contributed by atoms with Crippen molar-refractivity contribution < 1.29 is 9.53 Å². The van der Waals surface area contributed by atoms with E-state index in [1.807, 2.05) is 24.3 Å². The lowest BCUT2D eigenvalue weighted by atomic mass is 9.96. The molecule has 3 aromatic rings. The number of hydrogen-bond donors (Lipinski definition) is 1. The van der Waals surface area contributed by atoms with E-state index in [-0.39, 0.29) is 11.8 Å². The first-order chi connectivity index (χ1) is 13.6. The first-order valence-electron chi connectivity index (χ1n) is 9.65. The molecule has 2 heterocycles. The molecular formula is C22H25N3O2S. The zero-order chi connectivity index (χ0) is 19.5. The standard InChI is InChI=1S/C22H25N3O2S/c1-15-3-8-19-20(13-15)28-22(24-19)25-11-9-17(10-12-25)21(26)23-14-16-4-6-18(27-2)7-5-16/h3-8,13,17H,9-12,14H2,1-2H3,(H,23,26). The molecule has 0 saturated carbocycles. The second kappa shape index (κ2) is 8.19. The second-order valence-corrected chi connectivity index (χ2v) is 8.30. The molecule has 0 atom stereocenters. The molecule has 4 rings (SSSR count). The van der Waals surface area contributed by atoms with Gasteiger partial charge < -0.3 is 15.0 Å². The Hall–Kier alpha value is -2.60. The number of ether oxygens (including phenoxy) is 1. The maximum absolute atomic E-state index is 12.5. The van der Waals surface area contributed by atoms with Crippen LogP contribution in [0.5, 0.6) is 5.75 Å². The van der Waals surface area contributed by atoms with Crippen LogP contribution in [0.15, 0.2) is 42.5 Å². The molecule has 1 saturated heterocycles. The van der Waals surface area contributed by atoms with Gasteiger partial charge in [-0.15, -0.1) is 0 Å². The van der Waals surface area contributed by atoms with Crippen LogP contribution in [0.4, 0.5) is 5.13 Å². The molecule has 1 aliphatic heterocycles. The van der Waals surface area contributed by atoms with Gasteiger partial charge in [0.05, 0.1) is 17.3 Å². The number of methoxy groups -OCH3 is 1. The van der Waals surface area contributed by atoms with Gasteiger partial charge in [0, 0.05) is 25.6 Å². The number of hydrogen-bond acceptors (Lipinski definition) is 5. The van der Waals surface area contributed by atoms with E-state index in [4.69, 9.17) is 9.72 Å². The van der Waals surface area contributed by atoms with Crippen LogP contribution in [0.25, 0.3) is 10.2 Å². The summed E-state index contributed by atoms with van der Waals surface area (Å²) in [6.45, 7) is 4.41. The number of rotatable bonds is 5. The lowest BCUT2D eigenvalue weighted by Crippen LogP contribution is -2.40. The van der Waals surface area contributed by atoms with Crippen LogP contribution in [0.3, 0.4) is 0 Å². The Bertz CT molecular complexity index is 960. The summed E-state index contributed by atoms with van der Waals surface area (Å²) in [7, 11) is 1.65. The van der Waals surface area contributed by atoms with Crippen LogP contribution >= 0.6 is 11.3 Å². The Balaban J connectivity index is 1.30. The van der Waals surface area contributed by atoms with Gasteiger partial charge in [-0.25, -0.2) is 4.98 Å². The molecule has 0 spiro atoms. The van der Waals surface area contributed by atoms with Crippen LogP contribution in [0, 0.1) is 12.8 Å². The molecular weight excluding hydrogens is 370 g/mol. The number of carbonyl (C=O) groups excluding carboxylic acids is 1. The van der Waals surface area contributed by atoms with E-state index in [0.29, 0.717) is 6.54 Å². The summed E-state index contributed by atoms with van der Waals surface area (Å²) in [6.07, 6.45) is 1.73. The van der Waals surface area contributed by atoms with Crippen molar-refractivity contribution in [1.29, 1.82) is 0 Å². The molecule has 28 heavy (non-hydrogen) atoms. The molecule has 5 nitrogen and oxygen atoms in total. The van der Waals surface area contributed by atoms with Crippen molar-refractivity contribution in [1.82, 2.24) is 10.3 Å². The minimum absolute atomic E-state index is 0.0751. The molecule has 1 aromatic heterocycles. The third kappa shape index (κ3) is 4.12. The fraction of sp³-hybridized carbons (Fsp3) is 0.364. The van der Waals surface area contributed by atoms with Gasteiger partial charge in [-0.1, -0.05) is 29.5 Å². The van der Waals surface area contributed by atoms with E-state index in [0.717, 1.165) is 47.9 Å². The monoisotopic (exact) mass is 395 g/mol. The number of nitrogens with zero attached hydrogens (tertiary/aromatic N) is 2. The van der Waals surface area contributed by atoms with Gasteiger partial charge in [-0.3, -0.25) is 4.79 Å². The van der Waals surface area contributed by atoms with Gasteiger partial charge in [0.25, 0.3) is 0 Å². The van der Waals surface area contributed by atoms with Crippen molar-refractivity contribution in [3.63, 3.8) is 0 Å². The van der Waals surface area contributed by atoms with Crippen molar-refractivity contribution in [3.8, 4) is 5.75 Å². The van der Waals surface area contributed by atoms with E-state index in [9.17, 15) is 4.79 Å². The minimum atomic E-state index is 0.0751. The fourth-order valence-electron chi connectivity index (χ4n) is 3.56. The third-order valence-electron chi connectivity index (χ3n) is 5.29. The number of amides is 1. The van der Waals surface area contributed by atoms with E-state index < -0.39 is 0 Å². The Morgan fingerprint density at radius 3 is 2.68 bits per heavy atom. The first kappa shape index (κ1) is 18.7. The molecule has 146 valence electrons. The summed E-state index contributed by atoms with van der Waals surface area (Å²) in [4.78, 5) is 19.6. The van der Waals surface area contributed by atoms with E-state index in [1.165, 1.54) is 10.3 Å². The summed E-state index contributed by atoms with van der Waals surface area (Å²) in [5.74, 6) is 1.05. The summed E-state index contributed by atoms with van der Waals surface area (Å²) in [6, 6.07) is 14.2. The van der Waals surface area contributed by atoms with Gasteiger partial charge in [-0.05, 0) is 55.2 Å². The average molecular weight is 396 g/mol. The number of aromatic nitrogens is 1. The highest BCUT2D eigenvalue weighted by Gasteiger charge is 2.26. The van der Waals surface area contributed by atoms with E-state index in [1.54, 1.807) is 18.4 Å². The van der Waals surface area contributed by atoms with Crippen molar-refractivity contribution in [3.05, 3.63) is 53.6 Å². The van der Waals surface area contributed by atoms with Crippen LogP contribution in [-0.2, 0) is 11.3 Å². The molecule has 2 aromatic carbocycles. The normalized spacial score (nSPS) is 15.0. The molecule has 0 unspecified atom stereocenters. The lowest BCUT2D eigenvalue weighted by molar-refractivity contribution is -0.125. The topological polar surface area (TPSA) is 54.5 Å². The highest BCUT2D eigenvalue weighted by Crippen LogP contribution is 2.32. The summed E-state index contributed by atoms with van der Waals surface area (Å²) >= 11 is 1.74. The smallest absolute Gasteiger partial charge is 0.223 e. The predicted molar refractivity (Wildman–Crippen MR) is 114 cm³/mol. The highest BCUT2D eigenvalue weighted by atomic mass is 32.1. The number of thiazole rings is 1. The Morgan fingerprint density at radius 2 is 1.96 bits per heavy atom. The molecule has 0 radical (unpaired) electrons. The molecule has 1 fully saturated rings. The molecule has 1 aliphatic rings. The molecule has 0 bridgehead atoms. The maximum atomic E-state index is 12.5. The summed E-state index contributed by atoms with van der Waals surface area (Å²) in [5.41, 5.74) is 3.40. The van der Waals surface area contributed by atoms with Gasteiger partial charge in [0.1, 0.15) is 5.75 Å². The van der Waals surface area contributed by atoms with Crippen LogP contribution in [-0.4, -0.2) is 31.1 Å². The third-order valence-corrected chi connectivity index (χ3v) is 6.37. The SMILES string of the molecule is COc1ccc(CNC(=O)C2CCN(c3nc4ccc(C)cc4s3)CC2)cc1. The maximum Gasteiger partial charge on any atom is 0.223 e. The van der Waals surface area contributed by atoms with Crippen molar-refractivity contribution in [2.24, 2.45) is 5.92 Å². The quantitative estimate of drug-likeness (QED) is 0.705. The lowest BCUT2D eigenvalue weighted by Gasteiger charge is -2.31. The average Bonchev–Trinajstić information content (AvgIpc) is 3.15. The number of carbonyl (C=O) groups is 1. The molecule has 1 amide bonds. The number of fused-ring (bicyclic) bond motifs is 1. The van der Waals surface area contributed by atoms with Gasteiger partial charge in [0.15, 0.2) is 5.13 Å². The highest BCUT2D eigenvalue weighted by molar-refractivity contribution is 7.22. The zero-order valence-corrected chi connectivity index (χ0v) is 17.1. The zero-order valence-electron chi connectivity index (χ0n) is 16.3. The molecule has 6 heteroatoms. The van der Waals surface area contributed by atoms with Gasteiger partial charge in [0.2, 0.25) is 5.91 Å². The Kier molecular flexibility index (Phi) is 5.48. The molecule has 1 N–H and O–H groups in total. The summed E-state index contributed by atoms with van der Waals surface area (Å²) in [5, 5.41) is 4.14. The molecule has 0 aliphatic carbocycles. The van der Waals surface area contributed by atoms with Gasteiger partial charge in [-0.2, -0.15) is 0 Å². The summed E-state index contributed by atoms with van der Waals surface area (Å²) < 4.78 is 6.40. The number of piperidine rings is 1. The predicted octanol–water partition coefficient (Wildman–Crippen LogP) is 4.15. The second-order valence-electron chi connectivity index (χ2n) is 7.29. The Labute approximate surface area is 169 Å².